The first-order valence-electron chi connectivity index (χ1n) is 9.47. The molecule has 0 saturated heterocycles. The lowest BCUT2D eigenvalue weighted by atomic mass is 10.1. The summed E-state index contributed by atoms with van der Waals surface area (Å²) in [4.78, 5) is 6.79. The second kappa shape index (κ2) is 7.09. The molecule has 2 nitrogen and oxygen atoms in total. The summed E-state index contributed by atoms with van der Waals surface area (Å²) >= 11 is 0. The maximum Gasteiger partial charge on any atom is 0.0464 e. The van der Waals surface area contributed by atoms with E-state index in [1.807, 2.05) is 12.1 Å². The van der Waals surface area contributed by atoms with E-state index in [-0.39, 0.29) is 0 Å². The molecule has 2 heteroatoms. The summed E-state index contributed by atoms with van der Waals surface area (Å²) in [7, 11) is 0. The molecule has 2 aromatic heterocycles. The van der Waals surface area contributed by atoms with Gasteiger partial charge in [0.15, 0.2) is 0 Å². The average Bonchev–Trinajstić information content (AvgIpc) is 3.36. The fraction of sp³-hybridized carbons (Fsp3) is 0. The molecule has 0 atom stereocenters. The molecular weight excluding hydrogens is 340 g/mol. The lowest BCUT2D eigenvalue weighted by Gasteiger charge is -1.94. The van der Waals surface area contributed by atoms with E-state index in [0.29, 0.717) is 0 Å². The van der Waals surface area contributed by atoms with Crippen LogP contribution in [0.25, 0.3) is 44.0 Å². The van der Waals surface area contributed by atoms with E-state index >= 15 is 0 Å². The highest BCUT2D eigenvalue weighted by molar-refractivity contribution is 6.06. The van der Waals surface area contributed by atoms with Gasteiger partial charge in [-0.25, -0.2) is 0 Å². The molecule has 0 aliphatic rings. The Hall–Kier alpha value is -3.78. The van der Waals surface area contributed by atoms with Crippen LogP contribution < -0.4 is 0 Å². The first-order valence-corrected chi connectivity index (χ1v) is 9.47. The fourth-order valence-corrected chi connectivity index (χ4v) is 3.65. The van der Waals surface area contributed by atoms with Gasteiger partial charge in [0.2, 0.25) is 0 Å². The SMILES string of the molecule is c1ccc(-c2cc3ccccc3[nH]2)cc1.c1ccc2c(c1)[nH]c1ccccc12. The highest BCUT2D eigenvalue weighted by Crippen LogP contribution is 2.24. The molecule has 6 rings (SSSR count). The second-order valence-electron chi connectivity index (χ2n) is 6.85. The van der Waals surface area contributed by atoms with Gasteiger partial charge in [-0.15, -0.1) is 0 Å². The molecule has 0 amide bonds. The largest absolute Gasteiger partial charge is 0.355 e. The smallest absolute Gasteiger partial charge is 0.0464 e. The number of nitrogens with one attached hydrogen (secondary N) is 2. The summed E-state index contributed by atoms with van der Waals surface area (Å²) in [6.45, 7) is 0. The minimum atomic E-state index is 1.18. The summed E-state index contributed by atoms with van der Waals surface area (Å²) in [6.07, 6.45) is 0. The van der Waals surface area contributed by atoms with Crippen LogP contribution in [-0.2, 0) is 0 Å². The van der Waals surface area contributed by atoms with Crippen LogP contribution in [0.2, 0.25) is 0 Å². The maximum atomic E-state index is 3.41. The number of aromatic nitrogens is 2. The minimum Gasteiger partial charge on any atom is -0.355 e. The molecule has 0 spiro atoms. The van der Waals surface area contributed by atoms with Gasteiger partial charge in [0.1, 0.15) is 0 Å². The fourth-order valence-electron chi connectivity index (χ4n) is 3.65. The van der Waals surface area contributed by atoms with Gasteiger partial charge >= 0.3 is 0 Å². The predicted octanol–water partition coefficient (Wildman–Crippen LogP) is 7.16. The first kappa shape index (κ1) is 16.4. The maximum absolute atomic E-state index is 3.41. The second-order valence-corrected chi connectivity index (χ2v) is 6.85. The summed E-state index contributed by atoms with van der Waals surface area (Å²) in [6, 6.07) is 37.7. The van der Waals surface area contributed by atoms with Crippen LogP contribution in [0.1, 0.15) is 0 Å². The van der Waals surface area contributed by atoms with Crippen molar-refractivity contribution in [1.82, 2.24) is 9.97 Å². The summed E-state index contributed by atoms with van der Waals surface area (Å²) in [5, 5.41) is 3.87. The van der Waals surface area contributed by atoms with Crippen molar-refractivity contribution in [3.8, 4) is 11.3 Å². The highest BCUT2D eigenvalue weighted by Gasteiger charge is 2.01. The van der Waals surface area contributed by atoms with Crippen LogP contribution in [0.4, 0.5) is 0 Å². The van der Waals surface area contributed by atoms with Crippen molar-refractivity contribution in [2.75, 3.05) is 0 Å². The van der Waals surface area contributed by atoms with Gasteiger partial charge in [-0.2, -0.15) is 0 Å². The molecule has 0 unspecified atom stereocenters. The molecule has 0 aliphatic heterocycles. The Morgan fingerprint density at radius 1 is 0.429 bits per heavy atom. The third kappa shape index (κ3) is 3.06. The highest BCUT2D eigenvalue weighted by atomic mass is 14.7. The van der Waals surface area contributed by atoms with Crippen LogP contribution in [0.3, 0.4) is 0 Å². The third-order valence-electron chi connectivity index (χ3n) is 5.03. The molecule has 0 aliphatic carbocycles. The predicted molar refractivity (Wildman–Crippen MR) is 120 cm³/mol. The van der Waals surface area contributed by atoms with Crippen molar-refractivity contribution in [1.29, 1.82) is 0 Å². The summed E-state index contributed by atoms with van der Waals surface area (Å²) < 4.78 is 0. The standard InChI is InChI=1S/C14H11N.C12H9N/c1-2-6-11(7-3-1)14-10-12-8-4-5-9-13(12)15-14;1-3-7-11-9(5-1)10-6-2-4-8-12(10)13-11/h1-10,15H;1-8,13H. The normalized spacial score (nSPS) is 10.9. The van der Waals surface area contributed by atoms with Gasteiger partial charge in [-0.3, -0.25) is 0 Å². The van der Waals surface area contributed by atoms with E-state index in [4.69, 9.17) is 0 Å². The molecule has 0 saturated carbocycles. The molecule has 0 bridgehead atoms. The van der Waals surface area contributed by atoms with Gasteiger partial charge in [0.05, 0.1) is 0 Å². The van der Waals surface area contributed by atoms with E-state index in [1.165, 1.54) is 44.0 Å². The van der Waals surface area contributed by atoms with Gasteiger partial charge in [-0.1, -0.05) is 84.9 Å². The lowest BCUT2D eigenvalue weighted by molar-refractivity contribution is 1.45. The Balaban J connectivity index is 0.000000123. The molecular formula is C26H20N2. The van der Waals surface area contributed by atoms with E-state index in [0.717, 1.165) is 0 Å². The number of aromatic amines is 2. The number of fused-ring (bicyclic) bond motifs is 4. The minimum absolute atomic E-state index is 1.18. The molecule has 2 heterocycles. The van der Waals surface area contributed by atoms with E-state index < -0.39 is 0 Å². The molecule has 6 aromatic rings. The molecule has 2 N–H and O–H groups in total. The zero-order chi connectivity index (χ0) is 18.8. The molecule has 0 radical (unpaired) electrons. The van der Waals surface area contributed by atoms with Crippen LogP contribution in [0.15, 0.2) is 109 Å². The van der Waals surface area contributed by atoms with Crippen molar-refractivity contribution < 1.29 is 0 Å². The van der Waals surface area contributed by atoms with E-state index in [1.54, 1.807) is 0 Å². The summed E-state index contributed by atoms with van der Waals surface area (Å²) in [5.74, 6) is 0. The van der Waals surface area contributed by atoms with Crippen LogP contribution >= 0.6 is 0 Å². The van der Waals surface area contributed by atoms with Gasteiger partial charge in [-0.05, 0) is 29.8 Å². The Morgan fingerprint density at radius 2 is 0.964 bits per heavy atom. The van der Waals surface area contributed by atoms with Crippen molar-refractivity contribution in [3.63, 3.8) is 0 Å². The molecule has 4 aromatic carbocycles. The Bertz CT molecular complexity index is 1270. The monoisotopic (exact) mass is 360 g/mol. The lowest BCUT2D eigenvalue weighted by Crippen LogP contribution is -1.74. The number of rotatable bonds is 1. The zero-order valence-electron chi connectivity index (χ0n) is 15.4. The molecule has 134 valence electrons. The van der Waals surface area contributed by atoms with Gasteiger partial charge in [0, 0.05) is 38.4 Å². The van der Waals surface area contributed by atoms with Crippen LogP contribution in [0, 0.1) is 0 Å². The zero-order valence-corrected chi connectivity index (χ0v) is 15.4. The van der Waals surface area contributed by atoms with Crippen LogP contribution in [0.5, 0.6) is 0 Å². The van der Waals surface area contributed by atoms with Crippen molar-refractivity contribution >= 4 is 32.7 Å². The van der Waals surface area contributed by atoms with Crippen LogP contribution in [-0.4, -0.2) is 9.97 Å². The number of hydrogen-bond acceptors (Lipinski definition) is 0. The van der Waals surface area contributed by atoms with Crippen molar-refractivity contribution in [3.05, 3.63) is 109 Å². The third-order valence-corrected chi connectivity index (χ3v) is 5.03. The number of benzene rings is 4. The average molecular weight is 360 g/mol. The van der Waals surface area contributed by atoms with E-state index in [9.17, 15) is 0 Å². The topological polar surface area (TPSA) is 31.6 Å². The molecule has 28 heavy (non-hydrogen) atoms. The Morgan fingerprint density at radius 3 is 1.61 bits per heavy atom. The number of para-hydroxylation sites is 3. The quantitative estimate of drug-likeness (QED) is 0.312. The summed E-state index contributed by atoms with van der Waals surface area (Å²) in [5.41, 5.74) is 6.02. The number of H-pyrrole nitrogens is 2. The molecule has 0 fully saturated rings. The van der Waals surface area contributed by atoms with E-state index in [2.05, 4.69) is 107 Å². The van der Waals surface area contributed by atoms with Crippen molar-refractivity contribution in [2.45, 2.75) is 0 Å². The Kier molecular flexibility index (Phi) is 4.15. The Labute approximate surface area is 163 Å². The number of hydrogen-bond donors (Lipinski definition) is 2. The first-order chi connectivity index (χ1) is 13.9. The van der Waals surface area contributed by atoms with Gasteiger partial charge < -0.3 is 9.97 Å². The van der Waals surface area contributed by atoms with Crippen molar-refractivity contribution in [2.24, 2.45) is 0 Å². The van der Waals surface area contributed by atoms with Gasteiger partial charge in [0.25, 0.3) is 0 Å².